The molecule has 0 aliphatic heterocycles. The van der Waals surface area contributed by atoms with E-state index >= 15 is 0 Å². The molecule has 0 amide bonds. The largest absolute Gasteiger partial charge is 0.295 e. The summed E-state index contributed by atoms with van der Waals surface area (Å²) in [5.41, 5.74) is 6.74. The Morgan fingerprint density at radius 3 is 2.56 bits per heavy atom. The van der Waals surface area contributed by atoms with E-state index in [-0.39, 0.29) is 17.5 Å². The summed E-state index contributed by atoms with van der Waals surface area (Å²) in [6.45, 7) is 0. The summed E-state index contributed by atoms with van der Waals surface area (Å²) in [5, 5.41) is 0. The summed E-state index contributed by atoms with van der Waals surface area (Å²) in [7, 11) is 0. The minimum Gasteiger partial charge on any atom is -0.295 e. The zero-order valence-corrected chi connectivity index (χ0v) is 13.8. The highest BCUT2D eigenvalue weighted by molar-refractivity contribution is 6.23. The van der Waals surface area contributed by atoms with Gasteiger partial charge in [0.25, 0.3) is 0 Å². The summed E-state index contributed by atoms with van der Waals surface area (Å²) in [4.78, 5) is 30.2. The number of rotatable bonds is 1. The maximum Gasteiger partial charge on any atom is 0.190 e. The maximum absolute atomic E-state index is 13.2. The van der Waals surface area contributed by atoms with Gasteiger partial charge in [0.15, 0.2) is 11.6 Å². The van der Waals surface area contributed by atoms with E-state index in [4.69, 9.17) is 0 Å². The Labute approximate surface area is 146 Å². The molecule has 0 radical (unpaired) electrons. The number of benzene rings is 1. The van der Waals surface area contributed by atoms with Crippen LogP contribution in [0.25, 0.3) is 5.57 Å². The van der Waals surface area contributed by atoms with E-state index in [0.717, 1.165) is 52.7 Å². The van der Waals surface area contributed by atoms with Crippen molar-refractivity contribution in [2.45, 2.75) is 31.6 Å². The van der Waals surface area contributed by atoms with Crippen LogP contribution in [0.4, 0.5) is 0 Å². The van der Waals surface area contributed by atoms with Gasteiger partial charge < -0.3 is 0 Å². The smallest absolute Gasteiger partial charge is 0.190 e. The molecule has 0 saturated carbocycles. The minimum absolute atomic E-state index is 0.0735. The van der Waals surface area contributed by atoms with Crippen molar-refractivity contribution in [3.63, 3.8) is 0 Å². The molecule has 0 spiro atoms. The number of Topliss-reactive ketones (excluding diaryl/α,β-unsaturated/α-hetero) is 2. The molecular formula is C22H17NO2. The molecule has 0 bridgehead atoms. The van der Waals surface area contributed by atoms with E-state index in [1.54, 1.807) is 12.4 Å². The molecule has 1 aromatic heterocycles. The molecule has 0 saturated heterocycles. The van der Waals surface area contributed by atoms with Gasteiger partial charge >= 0.3 is 0 Å². The Morgan fingerprint density at radius 1 is 0.920 bits per heavy atom. The normalized spacial score (nSPS) is 22.0. The molecule has 3 aliphatic carbocycles. The number of allylic oxidation sites excluding steroid dienone is 4. The number of hydrogen-bond donors (Lipinski definition) is 0. The van der Waals surface area contributed by atoms with Crippen molar-refractivity contribution < 1.29 is 9.59 Å². The van der Waals surface area contributed by atoms with Gasteiger partial charge in [-0.15, -0.1) is 0 Å². The van der Waals surface area contributed by atoms with Gasteiger partial charge in [0.1, 0.15) is 0 Å². The molecule has 0 N–H and O–H groups in total. The molecular weight excluding hydrogens is 310 g/mol. The van der Waals surface area contributed by atoms with Gasteiger partial charge in [-0.3, -0.25) is 14.6 Å². The molecule has 3 heteroatoms. The van der Waals surface area contributed by atoms with Gasteiger partial charge in [0, 0.05) is 41.4 Å². The molecule has 3 aliphatic rings. The SMILES string of the molecule is O=C1CCCC2=C1C(c1cccnc1)C1=C(C2)c2ccccc2C1=O. The second-order valence-electron chi connectivity index (χ2n) is 6.96. The van der Waals surface area contributed by atoms with E-state index in [1.165, 1.54) is 5.57 Å². The molecule has 1 atom stereocenters. The third-order valence-corrected chi connectivity index (χ3v) is 5.62. The first kappa shape index (κ1) is 14.5. The van der Waals surface area contributed by atoms with Crippen LogP contribution >= 0.6 is 0 Å². The van der Waals surface area contributed by atoms with Gasteiger partial charge in [-0.2, -0.15) is 0 Å². The lowest BCUT2D eigenvalue weighted by Crippen LogP contribution is -2.25. The summed E-state index contributed by atoms with van der Waals surface area (Å²) >= 11 is 0. The van der Waals surface area contributed by atoms with Crippen LogP contribution in [0.15, 0.2) is 65.5 Å². The van der Waals surface area contributed by atoms with Crippen molar-refractivity contribution in [2.24, 2.45) is 0 Å². The average molecular weight is 327 g/mol. The van der Waals surface area contributed by atoms with Crippen LogP contribution < -0.4 is 0 Å². The predicted octanol–water partition coefficient (Wildman–Crippen LogP) is 4.27. The third-order valence-electron chi connectivity index (χ3n) is 5.62. The number of pyridine rings is 1. The highest BCUT2D eigenvalue weighted by Crippen LogP contribution is 2.52. The number of ketones is 2. The highest BCUT2D eigenvalue weighted by atomic mass is 16.1. The molecule has 122 valence electrons. The maximum atomic E-state index is 13.2. The van der Waals surface area contributed by atoms with Crippen LogP contribution in [0.3, 0.4) is 0 Å². The fourth-order valence-electron chi connectivity index (χ4n) is 4.58. The molecule has 25 heavy (non-hydrogen) atoms. The first-order valence-corrected chi connectivity index (χ1v) is 8.78. The van der Waals surface area contributed by atoms with Crippen molar-refractivity contribution in [3.05, 3.63) is 82.2 Å². The quantitative estimate of drug-likeness (QED) is 0.786. The van der Waals surface area contributed by atoms with Gasteiger partial charge in [0.05, 0.1) is 0 Å². The highest BCUT2D eigenvalue weighted by Gasteiger charge is 2.43. The Hall–Kier alpha value is -2.81. The Balaban J connectivity index is 1.77. The standard InChI is InChI=1S/C22H17NO2/c24-18-9-3-5-13-11-17-15-7-1-2-8-16(15)22(25)21(17)20(19(13)18)14-6-4-10-23-12-14/h1-2,4,6-8,10,12,20H,3,5,9,11H2. The number of nitrogens with zero attached hydrogens (tertiary/aromatic N) is 1. The molecule has 1 unspecified atom stereocenters. The Kier molecular flexibility index (Phi) is 3.11. The summed E-state index contributed by atoms with van der Waals surface area (Å²) in [6, 6.07) is 11.7. The second-order valence-corrected chi connectivity index (χ2v) is 6.96. The zero-order valence-electron chi connectivity index (χ0n) is 13.8. The van der Waals surface area contributed by atoms with Crippen LogP contribution in [0.5, 0.6) is 0 Å². The third kappa shape index (κ3) is 2.02. The van der Waals surface area contributed by atoms with Crippen molar-refractivity contribution in [1.82, 2.24) is 4.98 Å². The monoisotopic (exact) mass is 327 g/mol. The molecule has 3 nitrogen and oxygen atoms in total. The second kappa shape index (κ2) is 5.35. The first-order chi connectivity index (χ1) is 12.3. The van der Waals surface area contributed by atoms with E-state index < -0.39 is 0 Å². The lowest BCUT2D eigenvalue weighted by atomic mass is 9.70. The molecule has 5 rings (SSSR count). The number of carbonyl (C=O) groups is 2. The van der Waals surface area contributed by atoms with Gasteiger partial charge in [0.2, 0.25) is 0 Å². The molecule has 1 aromatic carbocycles. The summed E-state index contributed by atoms with van der Waals surface area (Å²) in [5.74, 6) is 0.00920. The van der Waals surface area contributed by atoms with Crippen molar-refractivity contribution in [2.75, 3.05) is 0 Å². The fraction of sp³-hybridized carbons (Fsp3) is 0.227. The Morgan fingerprint density at radius 2 is 1.76 bits per heavy atom. The molecule has 2 aromatic rings. The summed E-state index contributed by atoms with van der Waals surface area (Å²) in [6.07, 6.45) is 6.70. The van der Waals surface area contributed by atoms with Crippen LogP contribution in [-0.4, -0.2) is 16.6 Å². The van der Waals surface area contributed by atoms with Gasteiger partial charge in [-0.25, -0.2) is 0 Å². The Bertz CT molecular complexity index is 982. The predicted molar refractivity (Wildman–Crippen MR) is 95.2 cm³/mol. The van der Waals surface area contributed by atoms with Crippen molar-refractivity contribution in [3.8, 4) is 0 Å². The van der Waals surface area contributed by atoms with Crippen LogP contribution in [-0.2, 0) is 4.79 Å². The minimum atomic E-state index is -0.264. The number of aromatic nitrogens is 1. The fourth-order valence-corrected chi connectivity index (χ4v) is 4.58. The van der Waals surface area contributed by atoms with Gasteiger partial charge in [-0.1, -0.05) is 35.9 Å². The number of hydrogen-bond acceptors (Lipinski definition) is 3. The van der Waals surface area contributed by atoms with Crippen LogP contribution in [0.1, 0.15) is 53.1 Å². The van der Waals surface area contributed by atoms with E-state index in [0.29, 0.717) is 6.42 Å². The van der Waals surface area contributed by atoms with E-state index in [2.05, 4.69) is 4.98 Å². The molecule has 1 heterocycles. The topological polar surface area (TPSA) is 47.0 Å². The average Bonchev–Trinajstić information content (AvgIpc) is 2.94. The van der Waals surface area contributed by atoms with E-state index in [1.807, 2.05) is 36.4 Å². The molecule has 0 fully saturated rings. The summed E-state index contributed by atoms with van der Waals surface area (Å²) < 4.78 is 0. The zero-order chi connectivity index (χ0) is 17.0. The number of carbonyl (C=O) groups excluding carboxylic acids is 2. The van der Waals surface area contributed by atoms with Crippen molar-refractivity contribution >= 4 is 17.1 Å². The van der Waals surface area contributed by atoms with Crippen molar-refractivity contribution in [1.29, 1.82) is 0 Å². The van der Waals surface area contributed by atoms with Gasteiger partial charge in [-0.05, 0) is 42.0 Å². The first-order valence-electron chi connectivity index (χ1n) is 8.78. The van der Waals surface area contributed by atoms with Crippen LogP contribution in [0, 0.1) is 0 Å². The number of fused-ring (bicyclic) bond motifs is 2. The lowest BCUT2D eigenvalue weighted by Gasteiger charge is -2.32. The van der Waals surface area contributed by atoms with E-state index in [9.17, 15) is 9.59 Å². The lowest BCUT2D eigenvalue weighted by molar-refractivity contribution is -0.116. The van der Waals surface area contributed by atoms with Crippen LogP contribution in [0.2, 0.25) is 0 Å².